The molecule has 1 saturated carbocycles. The van der Waals surface area contributed by atoms with Crippen LogP contribution >= 0.6 is 0 Å². The van der Waals surface area contributed by atoms with E-state index < -0.39 is 64.3 Å². The van der Waals surface area contributed by atoms with Gasteiger partial charge in [-0.2, -0.15) is 22.0 Å². The standard InChI is InChI=1S/C33H30F10O/c1-2-3-4-5-19-6-8-20(9-7-19)21-10-12-22(13-11-21)23-14-27(36)31(28(37)15-23)33(42,43)44-24-16-25(34)30(26(35)17-24)29(38)18-32(39,40)41/h10-20H,2-9H2,1H3. The van der Waals surface area contributed by atoms with Gasteiger partial charge in [0.2, 0.25) is 0 Å². The Bertz CT molecular complexity index is 1420. The van der Waals surface area contributed by atoms with Gasteiger partial charge in [-0.1, -0.05) is 56.9 Å². The van der Waals surface area contributed by atoms with E-state index in [1.165, 1.54) is 25.7 Å². The highest BCUT2D eigenvalue weighted by atomic mass is 19.4. The summed E-state index contributed by atoms with van der Waals surface area (Å²) in [4.78, 5) is 0. The third-order valence-corrected chi connectivity index (χ3v) is 7.90. The molecule has 44 heavy (non-hydrogen) atoms. The number of unbranched alkanes of at least 4 members (excludes halogenated alkanes) is 2. The molecule has 0 bridgehead atoms. The van der Waals surface area contributed by atoms with Gasteiger partial charge >= 0.3 is 12.3 Å². The van der Waals surface area contributed by atoms with Crippen LogP contribution in [0, 0.1) is 29.2 Å². The van der Waals surface area contributed by atoms with Crippen molar-refractivity contribution in [1.29, 1.82) is 0 Å². The number of alkyl halides is 5. The highest BCUT2D eigenvalue weighted by molar-refractivity contribution is 5.65. The number of halogens is 10. The van der Waals surface area contributed by atoms with Gasteiger partial charge in [0.1, 0.15) is 40.4 Å². The van der Waals surface area contributed by atoms with E-state index in [9.17, 15) is 43.9 Å². The van der Waals surface area contributed by atoms with Crippen LogP contribution in [0.3, 0.4) is 0 Å². The lowest BCUT2D eigenvalue weighted by Gasteiger charge is -2.29. The molecule has 238 valence electrons. The summed E-state index contributed by atoms with van der Waals surface area (Å²) < 4.78 is 143. The van der Waals surface area contributed by atoms with Gasteiger partial charge in [-0.05, 0) is 66.3 Å². The van der Waals surface area contributed by atoms with E-state index in [1.807, 2.05) is 12.1 Å². The maximum Gasteiger partial charge on any atom is 0.432 e. The highest BCUT2D eigenvalue weighted by Crippen LogP contribution is 2.41. The lowest BCUT2D eigenvalue weighted by atomic mass is 9.77. The second kappa shape index (κ2) is 13.6. The second-order valence-electron chi connectivity index (χ2n) is 11.1. The van der Waals surface area contributed by atoms with E-state index in [-0.39, 0.29) is 17.7 Å². The third kappa shape index (κ3) is 8.15. The Hall–Kier alpha value is -3.50. The number of rotatable bonds is 10. The van der Waals surface area contributed by atoms with Crippen molar-refractivity contribution in [3.05, 3.63) is 94.6 Å². The van der Waals surface area contributed by atoms with E-state index in [1.54, 1.807) is 12.1 Å². The van der Waals surface area contributed by atoms with Crippen LogP contribution in [0.15, 0.2) is 54.6 Å². The number of benzene rings is 3. The van der Waals surface area contributed by atoms with Gasteiger partial charge in [-0.3, -0.25) is 0 Å². The van der Waals surface area contributed by atoms with Crippen molar-refractivity contribution in [3.8, 4) is 16.9 Å². The molecule has 0 N–H and O–H groups in total. The van der Waals surface area contributed by atoms with E-state index in [0.29, 0.717) is 23.6 Å². The van der Waals surface area contributed by atoms with Crippen LogP contribution < -0.4 is 4.74 Å². The van der Waals surface area contributed by atoms with Crippen LogP contribution in [0.5, 0.6) is 5.75 Å². The summed E-state index contributed by atoms with van der Waals surface area (Å²) in [5, 5.41) is 0. The monoisotopic (exact) mass is 632 g/mol. The Labute approximate surface area is 248 Å². The summed E-state index contributed by atoms with van der Waals surface area (Å²) in [5.74, 6) is -10.1. The summed E-state index contributed by atoms with van der Waals surface area (Å²) >= 11 is 0. The SMILES string of the molecule is CCCCCC1CCC(c2ccc(-c3cc(F)c(C(F)(F)Oc4cc(F)c(C(F)=CC(F)(F)F)c(F)c4)c(F)c3)cc2)CC1. The largest absolute Gasteiger partial charge is 0.432 e. The molecule has 1 fully saturated rings. The van der Waals surface area contributed by atoms with Crippen molar-refractivity contribution in [1.82, 2.24) is 0 Å². The molecular weight excluding hydrogens is 602 g/mol. The molecule has 0 spiro atoms. The van der Waals surface area contributed by atoms with Gasteiger partial charge in [0.25, 0.3) is 0 Å². The molecule has 1 aliphatic rings. The molecule has 1 nitrogen and oxygen atoms in total. The molecular formula is C33H30F10O. The minimum absolute atomic E-state index is 0.0270. The number of allylic oxidation sites excluding steroid dienone is 1. The third-order valence-electron chi connectivity index (χ3n) is 7.90. The quantitative estimate of drug-likeness (QED) is 0.160. The summed E-state index contributed by atoms with van der Waals surface area (Å²) in [6, 6.07) is 8.25. The maximum atomic E-state index is 14.9. The Morgan fingerprint density at radius 2 is 1.34 bits per heavy atom. The summed E-state index contributed by atoms with van der Waals surface area (Å²) in [6.07, 6.45) is -1.85. The van der Waals surface area contributed by atoms with Crippen LogP contribution in [0.4, 0.5) is 43.9 Å². The molecule has 0 saturated heterocycles. The Kier molecular flexibility index (Phi) is 10.4. The van der Waals surface area contributed by atoms with Gasteiger partial charge in [0.05, 0.1) is 11.6 Å². The van der Waals surface area contributed by atoms with Gasteiger partial charge in [0, 0.05) is 12.1 Å². The zero-order valence-corrected chi connectivity index (χ0v) is 23.7. The van der Waals surface area contributed by atoms with Crippen molar-refractivity contribution in [3.63, 3.8) is 0 Å². The van der Waals surface area contributed by atoms with E-state index in [0.717, 1.165) is 37.2 Å². The molecule has 3 aromatic rings. The average Bonchev–Trinajstić information content (AvgIpc) is 2.91. The van der Waals surface area contributed by atoms with Crippen LogP contribution in [0.2, 0.25) is 0 Å². The van der Waals surface area contributed by atoms with Gasteiger partial charge in [-0.25, -0.2) is 22.0 Å². The Morgan fingerprint density at radius 1 is 0.773 bits per heavy atom. The van der Waals surface area contributed by atoms with Crippen molar-refractivity contribution in [2.45, 2.75) is 76.5 Å². The zero-order valence-electron chi connectivity index (χ0n) is 23.7. The minimum Gasteiger partial charge on any atom is -0.429 e. The molecule has 3 aromatic carbocycles. The molecule has 0 aromatic heterocycles. The van der Waals surface area contributed by atoms with Crippen LogP contribution in [0.25, 0.3) is 17.0 Å². The maximum absolute atomic E-state index is 14.9. The fraction of sp³-hybridized carbons (Fsp3) is 0.394. The van der Waals surface area contributed by atoms with Crippen LogP contribution in [0.1, 0.15) is 80.9 Å². The number of ether oxygens (including phenoxy) is 1. The fourth-order valence-electron chi connectivity index (χ4n) is 5.68. The summed E-state index contributed by atoms with van der Waals surface area (Å²) in [6.45, 7) is 2.18. The topological polar surface area (TPSA) is 9.23 Å². The first kappa shape index (κ1) is 33.4. The van der Waals surface area contributed by atoms with Gasteiger partial charge in [-0.15, -0.1) is 0 Å². The van der Waals surface area contributed by atoms with Crippen LogP contribution in [-0.2, 0) is 6.11 Å². The van der Waals surface area contributed by atoms with E-state index in [4.69, 9.17) is 0 Å². The normalized spacial score (nSPS) is 18.0. The number of hydrogen-bond acceptors (Lipinski definition) is 1. The molecule has 4 rings (SSSR count). The lowest BCUT2D eigenvalue weighted by Crippen LogP contribution is -2.25. The summed E-state index contributed by atoms with van der Waals surface area (Å²) in [5.41, 5.74) is -2.23. The van der Waals surface area contributed by atoms with Crippen molar-refractivity contribution < 1.29 is 48.6 Å². The van der Waals surface area contributed by atoms with E-state index >= 15 is 0 Å². The van der Waals surface area contributed by atoms with Crippen molar-refractivity contribution in [2.24, 2.45) is 5.92 Å². The molecule has 0 unspecified atom stereocenters. The molecule has 0 heterocycles. The second-order valence-corrected chi connectivity index (χ2v) is 11.1. The minimum atomic E-state index is -5.26. The first-order valence-electron chi connectivity index (χ1n) is 14.3. The molecule has 0 amide bonds. The summed E-state index contributed by atoms with van der Waals surface area (Å²) in [7, 11) is 0. The zero-order chi connectivity index (χ0) is 32.2. The smallest absolute Gasteiger partial charge is 0.429 e. The average molecular weight is 633 g/mol. The fourth-order valence-corrected chi connectivity index (χ4v) is 5.68. The first-order valence-corrected chi connectivity index (χ1v) is 14.3. The Balaban J connectivity index is 1.49. The highest BCUT2D eigenvalue weighted by Gasteiger charge is 2.42. The molecule has 0 radical (unpaired) electrons. The molecule has 1 aliphatic carbocycles. The van der Waals surface area contributed by atoms with Gasteiger partial charge in [0.15, 0.2) is 0 Å². The molecule has 11 heteroatoms. The predicted molar refractivity (Wildman–Crippen MR) is 147 cm³/mol. The first-order chi connectivity index (χ1) is 20.7. The number of hydrogen-bond donors (Lipinski definition) is 0. The predicted octanol–water partition coefficient (Wildman–Crippen LogP) is 11.8. The van der Waals surface area contributed by atoms with Crippen molar-refractivity contribution in [2.75, 3.05) is 0 Å². The lowest BCUT2D eigenvalue weighted by molar-refractivity contribution is -0.189. The van der Waals surface area contributed by atoms with Crippen molar-refractivity contribution >= 4 is 5.83 Å². The Morgan fingerprint density at radius 3 is 1.86 bits per heavy atom. The van der Waals surface area contributed by atoms with E-state index in [2.05, 4.69) is 11.7 Å². The molecule has 0 aliphatic heterocycles. The van der Waals surface area contributed by atoms with Gasteiger partial charge < -0.3 is 4.74 Å². The van der Waals surface area contributed by atoms with Crippen LogP contribution in [-0.4, -0.2) is 6.18 Å². The molecule has 0 atom stereocenters.